The number of carbonyl (C=O) groups is 1. The van der Waals surface area contributed by atoms with Gasteiger partial charge in [-0.15, -0.1) is 0 Å². The van der Waals surface area contributed by atoms with Gasteiger partial charge < -0.3 is 15.2 Å². The quantitative estimate of drug-likeness (QED) is 0.877. The number of hydrogen-bond donors (Lipinski definition) is 2. The number of methoxy groups -OCH3 is 1. The first-order valence-electron chi connectivity index (χ1n) is 6.39. The van der Waals surface area contributed by atoms with Crippen LogP contribution in [0.3, 0.4) is 0 Å². The van der Waals surface area contributed by atoms with Gasteiger partial charge in [0.15, 0.2) is 0 Å². The molecule has 2 rings (SSSR count). The monoisotopic (exact) mass is 267 g/mol. The molecule has 2 unspecified atom stereocenters. The second-order valence-electron chi connectivity index (χ2n) is 4.77. The molecule has 104 valence electrons. The fraction of sp³-hybridized carbons (Fsp3) is 0.500. The van der Waals surface area contributed by atoms with Gasteiger partial charge >= 0.3 is 5.97 Å². The largest absolute Gasteiger partial charge is 0.496 e. The van der Waals surface area contributed by atoms with E-state index in [0.717, 1.165) is 5.56 Å². The van der Waals surface area contributed by atoms with Gasteiger partial charge in [0.1, 0.15) is 11.6 Å². The van der Waals surface area contributed by atoms with Crippen molar-refractivity contribution in [3.8, 4) is 5.75 Å². The SMILES string of the molecule is CCc1cc(C2CC(C(=O)O)CN2)c(OC)cc1F. The maximum absolute atomic E-state index is 13.7. The maximum atomic E-state index is 13.7. The number of aliphatic carboxylic acids is 1. The molecule has 0 aliphatic carbocycles. The lowest BCUT2D eigenvalue weighted by Crippen LogP contribution is -2.17. The van der Waals surface area contributed by atoms with Crippen molar-refractivity contribution < 1.29 is 19.0 Å². The Morgan fingerprint density at radius 1 is 1.58 bits per heavy atom. The molecule has 1 aliphatic heterocycles. The standard InChI is InChI=1S/C14H18FNO3/c1-3-8-4-10(13(19-2)6-11(8)15)12-5-9(7-16-12)14(17)18/h4,6,9,12,16H,3,5,7H2,1-2H3,(H,17,18). The first-order valence-corrected chi connectivity index (χ1v) is 6.39. The zero-order valence-corrected chi connectivity index (χ0v) is 11.1. The van der Waals surface area contributed by atoms with Crippen molar-refractivity contribution in [2.45, 2.75) is 25.8 Å². The minimum Gasteiger partial charge on any atom is -0.496 e. The Hall–Kier alpha value is -1.62. The van der Waals surface area contributed by atoms with Crippen molar-refractivity contribution in [1.82, 2.24) is 5.32 Å². The zero-order chi connectivity index (χ0) is 14.0. The molecular formula is C14H18FNO3. The molecule has 0 bridgehead atoms. The first-order chi connectivity index (χ1) is 9.06. The number of carboxylic acids is 1. The van der Waals surface area contributed by atoms with Crippen LogP contribution in [0, 0.1) is 11.7 Å². The van der Waals surface area contributed by atoms with E-state index in [1.165, 1.54) is 13.2 Å². The van der Waals surface area contributed by atoms with Gasteiger partial charge in [0, 0.05) is 24.2 Å². The van der Waals surface area contributed by atoms with Crippen LogP contribution in [0.5, 0.6) is 5.75 Å². The van der Waals surface area contributed by atoms with Gasteiger partial charge in [-0.05, 0) is 24.5 Å². The lowest BCUT2D eigenvalue weighted by Gasteiger charge is -2.17. The van der Waals surface area contributed by atoms with Crippen LogP contribution in [0.15, 0.2) is 12.1 Å². The number of ether oxygens (including phenoxy) is 1. The molecule has 1 heterocycles. The van der Waals surface area contributed by atoms with Gasteiger partial charge in [-0.25, -0.2) is 4.39 Å². The summed E-state index contributed by atoms with van der Waals surface area (Å²) in [4.78, 5) is 11.0. The first kappa shape index (κ1) is 13.8. The lowest BCUT2D eigenvalue weighted by atomic mass is 9.97. The lowest BCUT2D eigenvalue weighted by molar-refractivity contribution is -0.141. The minimum atomic E-state index is -0.799. The molecule has 1 fully saturated rings. The molecule has 1 aliphatic rings. The molecule has 0 amide bonds. The van der Waals surface area contributed by atoms with E-state index in [1.807, 2.05) is 6.92 Å². The Morgan fingerprint density at radius 3 is 2.84 bits per heavy atom. The highest BCUT2D eigenvalue weighted by atomic mass is 19.1. The Labute approximate surface area is 111 Å². The number of carboxylic acid groups (broad SMARTS) is 1. The Morgan fingerprint density at radius 2 is 2.32 bits per heavy atom. The molecule has 1 aromatic carbocycles. The van der Waals surface area contributed by atoms with Crippen LogP contribution in [0.4, 0.5) is 4.39 Å². The van der Waals surface area contributed by atoms with Gasteiger partial charge in [0.2, 0.25) is 0 Å². The molecule has 0 radical (unpaired) electrons. The van der Waals surface area contributed by atoms with E-state index in [0.29, 0.717) is 30.7 Å². The van der Waals surface area contributed by atoms with Gasteiger partial charge in [-0.1, -0.05) is 6.92 Å². The number of nitrogens with one attached hydrogen (secondary N) is 1. The van der Waals surface area contributed by atoms with Gasteiger partial charge in [0.05, 0.1) is 13.0 Å². The van der Waals surface area contributed by atoms with Crippen LogP contribution in [0.2, 0.25) is 0 Å². The van der Waals surface area contributed by atoms with Crippen molar-refractivity contribution in [2.75, 3.05) is 13.7 Å². The summed E-state index contributed by atoms with van der Waals surface area (Å²) in [5, 5.41) is 12.2. The Balaban J connectivity index is 2.31. The minimum absolute atomic E-state index is 0.0954. The molecule has 0 aromatic heterocycles. The third kappa shape index (κ3) is 2.71. The third-order valence-corrected chi connectivity index (χ3v) is 3.64. The predicted molar refractivity (Wildman–Crippen MR) is 68.8 cm³/mol. The summed E-state index contributed by atoms with van der Waals surface area (Å²) < 4.78 is 18.9. The summed E-state index contributed by atoms with van der Waals surface area (Å²) in [6, 6.07) is 3.06. The molecule has 2 atom stereocenters. The highest BCUT2D eigenvalue weighted by Crippen LogP contribution is 2.35. The van der Waals surface area contributed by atoms with Crippen LogP contribution in [-0.4, -0.2) is 24.7 Å². The van der Waals surface area contributed by atoms with Gasteiger partial charge in [-0.2, -0.15) is 0 Å². The number of rotatable bonds is 4. The third-order valence-electron chi connectivity index (χ3n) is 3.64. The van der Waals surface area contributed by atoms with Crippen molar-refractivity contribution >= 4 is 5.97 Å². The van der Waals surface area contributed by atoms with Crippen molar-refractivity contribution in [1.29, 1.82) is 0 Å². The summed E-state index contributed by atoms with van der Waals surface area (Å²) in [7, 11) is 1.49. The van der Waals surface area contributed by atoms with Crippen LogP contribution in [-0.2, 0) is 11.2 Å². The molecule has 19 heavy (non-hydrogen) atoms. The Bertz CT molecular complexity index is 490. The van der Waals surface area contributed by atoms with Crippen molar-refractivity contribution in [2.24, 2.45) is 5.92 Å². The zero-order valence-electron chi connectivity index (χ0n) is 11.1. The molecular weight excluding hydrogens is 249 g/mol. The summed E-state index contributed by atoms with van der Waals surface area (Å²) in [6.07, 6.45) is 1.10. The van der Waals surface area contributed by atoms with E-state index in [-0.39, 0.29) is 11.9 Å². The fourth-order valence-corrected chi connectivity index (χ4v) is 2.50. The van der Waals surface area contributed by atoms with Crippen LogP contribution in [0.1, 0.15) is 30.5 Å². The van der Waals surface area contributed by atoms with E-state index in [4.69, 9.17) is 9.84 Å². The Kier molecular flexibility index (Phi) is 4.04. The van der Waals surface area contributed by atoms with Gasteiger partial charge in [-0.3, -0.25) is 4.79 Å². The molecule has 4 nitrogen and oxygen atoms in total. The molecule has 1 saturated heterocycles. The van der Waals surface area contributed by atoms with Crippen LogP contribution < -0.4 is 10.1 Å². The molecule has 5 heteroatoms. The normalized spacial score (nSPS) is 22.5. The number of hydrogen-bond acceptors (Lipinski definition) is 3. The average molecular weight is 267 g/mol. The molecule has 2 N–H and O–H groups in total. The maximum Gasteiger partial charge on any atom is 0.307 e. The van der Waals surface area contributed by atoms with Crippen molar-refractivity contribution in [3.63, 3.8) is 0 Å². The molecule has 0 saturated carbocycles. The smallest absolute Gasteiger partial charge is 0.307 e. The van der Waals surface area contributed by atoms with Gasteiger partial charge in [0.25, 0.3) is 0 Å². The predicted octanol–water partition coefficient (Wildman–Crippen LogP) is 2.13. The van der Waals surface area contributed by atoms with Crippen LogP contribution in [0.25, 0.3) is 0 Å². The highest BCUT2D eigenvalue weighted by Gasteiger charge is 2.32. The van der Waals surface area contributed by atoms with Crippen molar-refractivity contribution in [3.05, 3.63) is 29.1 Å². The highest BCUT2D eigenvalue weighted by molar-refractivity contribution is 5.71. The van der Waals surface area contributed by atoms with Crippen LogP contribution >= 0.6 is 0 Å². The van der Waals surface area contributed by atoms with E-state index < -0.39 is 11.9 Å². The van der Waals surface area contributed by atoms with E-state index in [1.54, 1.807) is 6.07 Å². The topological polar surface area (TPSA) is 58.6 Å². The number of aryl methyl sites for hydroxylation is 1. The second kappa shape index (κ2) is 5.57. The molecule has 0 spiro atoms. The fourth-order valence-electron chi connectivity index (χ4n) is 2.50. The van der Waals surface area contributed by atoms with E-state index >= 15 is 0 Å². The summed E-state index contributed by atoms with van der Waals surface area (Å²) >= 11 is 0. The number of halogens is 1. The average Bonchev–Trinajstić information content (AvgIpc) is 2.88. The molecule has 1 aromatic rings. The second-order valence-corrected chi connectivity index (χ2v) is 4.77. The summed E-state index contributed by atoms with van der Waals surface area (Å²) in [5.74, 6) is -1.01. The van der Waals surface area contributed by atoms with E-state index in [9.17, 15) is 9.18 Å². The summed E-state index contributed by atoms with van der Waals surface area (Å²) in [6.45, 7) is 2.32. The van der Waals surface area contributed by atoms with E-state index in [2.05, 4.69) is 5.32 Å². The number of benzene rings is 1. The summed E-state index contributed by atoms with van der Waals surface area (Å²) in [5.41, 5.74) is 1.46.